The molecule has 0 unspecified atom stereocenters. The van der Waals surface area contributed by atoms with Crippen LogP contribution in [0, 0.1) is 0 Å². The van der Waals surface area contributed by atoms with Crippen molar-refractivity contribution in [2.24, 2.45) is 0 Å². The Labute approximate surface area is 81.8 Å². The molecule has 0 aliphatic carbocycles. The van der Waals surface area contributed by atoms with Crippen LogP contribution in [0.15, 0.2) is 24.4 Å². The molecule has 74 valence electrons. The average molecular weight is 193 g/mol. The van der Waals surface area contributed by atoms with E-state index in [2.05, 4.69) is 5.32 Å². The molecule has 2 N–H and O–H groups in total. The van der Waals surface area contributed by atoms with E-state index in [-0.39, 0.29) is 5.75 Å². The van der Waals surface area contributed by atoms with E-state index in [1.54, 1.807) is 25.3 Å². The molecule has 1 amide bonds. The van der Waals surface area contributed by atoms with Gasteiger partial charge in [0.1, 0.15) is 11.5 Å². The fourth-order valence-electron chi connectivity index (χ4n) is 0.970. The van der Waals surface area contributed by atoms with Gasteiger partial charge in [-0.3, -0.25) is 4.79 Å². The minimum absolute atomic E-state index is 0.134. The van der Waals surface area contributed by atoms with Gasteiger partial charge in [-0.15, -0.1) is 0 Å². The first-order valence-electron chi connectivity index (χ1n) is 4.01. The second kappa shape index (κ2) is 4.91. The zero-order chi connectivity index (χ0) is 10.4. The zero-order valence-electron chi connectivity index (χ0n) is 7.73. The lowest BCUT2D eigenvalue weighted by atomic mass is 10.2. The molecule has 0 heterocycles. The van der Waals surface area contributed by atoms with Crippen molar-refractivity contribution in [2.45, 2.75) is 0 Å². The molecule has 0 aliphatic rings. The highest BCUT2D eigenvalue weighted by Crippen LogP contribution is 2.23. The first-order chi connectivity index (χ1) is 6.77. The van der Waals surface area contributed by atoms with Crippen LogP contribution in [0.1, 0.15) is 5.56 Å². The van der Waals surface area contributed by atoms with Gasteiger partial charge in [0.15, 0.2) is 0 Å². The minimum Gasteiger partial charge on any atom is -0.507 e. The minimum atomic E-state index is 0.134. The highest BCUT2D eigenvalue weighted by Gasteiger charge is 1.98. The van der Waals surface area contributed by atoms with Gasteiger partial charge in [0, 0.05) is 11.8 Å². The number of hydrogen-bond donors (Lipinski definition) is 2. The summed E-state index contributed by atoms with van der Waals surface area (Å²) in [4.78, 5) is 9.95. The summed E-state index contributed by atoms with van der Waals surface area (Å²) >= 11 is 0. The molecule has 1 aromatic carbocycles. The molecule has 0 aromatic heterocycles. The SMILES string of the molecule is COc1ccc(O)c(/C=C\NC=O)c1. The smallest absolute Gasteiger partial charge is 0.211 e. The van der Waals surface area contributed by atoms with E-state index in [0.717, 1.165) is 0 Å². The van der Waals surface area contributed by atoms with Crippen molar-refractivity contribution in [1.82, 2.24) is 5.32 Å². The predicted molar refractivity (Wildman–Crippen MR) is 52.9 cm³/mol. The molecule has 14 heavy (non-hydrogen) atoms. The van der Waals surface area contributed by atoms with E-state index in [1.807, 2.05) is 0 Å². The lowest BCUT2D eigenvalue weighted by Gasteiger charge is -2.02. The van der Waals surface area contributed by atoms with Crippen molar-refractivity contribution in [3.63, 3.8) is 0 Å². The van der Waals surface area contributed by atoms with E-state index >= 15 is 0 Å². The van der Waals surface area contributed by atoms with E-state index in [9.17, 15) is 9.90 Å². The number of rotatable bonds is 4. The summed E-state index contributed by atoms with van der Waals surface area (Å²) in [6.07, 6.45) is 3.56. The third kappa shape index (κ3) is 2.52. The maximum atomic E-state index is 9.95. The maximum Gasteiger partial charge on any atom is 0.211 e. The number of phenols is 1. The number of methoxy groups -OCH3 is 1. The second-order valence-corrected chi connectivity index (χ2v) is 2.54. The lowest BCUT2D eigenvalue weighted by molar-refractivity contribution is -0.108. The summed E-state index contributed by atoms with van der Waals surface area (Å²) in [6, 6.07) is 4.84. The van der Waals surface area contributed by atoms with Crippen LogP contribution in [-0.4, -0.2) is 18.6 Å². The zero-order valence-corrected chi connectivity index (χ0v) is 7.73. The summed E-state index contributed by atoms with van der Waals surface area (Å²) in [5.41, 5.74) is 0.582. The lowest BCUT2D eigenvalue weighted by Crippen LogP contribution is -1.98. The van der Waals surface area contributed by atoms with Gasteiger partial charge in [0.2, 0.25) is 6.41 Å². The van der Waals surface area contributed by atoms with Crippen LogP contribution in [0.5, 0.6) is 11.5 Å². The molecule has 0 fully saturated rings. The van der Waals surface area contributed by atoms with E-state index in [4.69, 9.17) is 4.74 Å². The van der Waals surface area contributed by atoms with Crippen LogP contribution in [0.3, 0.4) is 0 Å². The van der Waals surface area contributed by atoms with Gasteiger partial charge in [-0.25, -0.2) is 0 Å². The standard InChI is InChI=1S/C10H11NO3/c1-14-9-2-3-10(13)8(6-9)4-5-11-7-12/h2-7,13H,1H3,(H,11,12)/b5-4-. The number of aromatic hydroxyl groups is 1. The van der Waals surface area contributed by atoms with Crippen LogP contribution in [0.4, 0.5) is 0 Å². The Morgan fingerprint density at radius 1 is 1.50 bits per heavy atom. The summed E-state index contributed by atoms with van der Waals surface area (Å²) < 4.78 is 4.98. The van der Waals surface area contributed by atoms with Crippen molar-refractivity contribution in [1.29, 1.82) is 0 Å². The Hall–Kier alpha value is -1.97. The second-order valence-electron chi connectivity index (χ2n) is 2.54. The Morgan fingerprint density at radius 3 is 2.93 bits per heavy atom. The van der Waals surface area contributed by atoms with Crippen LogP contribution in [-0.2, 0) is 4.79 Å². The normalized spacial score (nSPS) is 10.1. The Balaban J connectivity index is 2.88. The highest BCUT2D eigenvalue weighted by molar-refractivity contribution is 5.61. The molecule has 4 heteroatoms. The topological polar surface area (TPSA) is 58.6 Å². The van der Waals surface area contributed by atoms with Crippen LogP contribution >= 0.6 is 0 Å². The van der Waals surface area contributed by atoms with Crippen LogP contribution in [0.2, 0.25) is 0 Å². The van der Waals surface area contributed by atoms with E-state index in [1.165, 1.54) is 12.3 Å². The quantitative estimate of drug-likeness (QED) is 0.704. The molecule has 0 aliphatic heterocycles. The van der Waals surface area contributed by atoms with E-state index in [0.29, 0.717) is 17.7 Å². The molecule has 1 rings (SSSR count). The Bertz CT molecular complexity index is 347. The van der Waals surface area contributed by atoms with Gasteiger partial charge in [-0.2, -0.15) is 0 Å². The number of ether oxygens (including phenoxy) is 1. The molecule has 1 aromatic rings. The van der Waals surface area contributed by atoms with Gasteiger partial charge in [-0.05, 0) is 24.3 Å². The van der Waals surface area contributed by atoms with Gasteiger partial charge < -0.3 is 15.2 Å². The Kier molecular flexibility index (Phi) is 3.55. The number of carbonyl (C=O) groups is 1. The van der Waals surface area contributed by atoms with Gasteiger partial charge in [0.25, 0.3) is 0 Å². The van der Waals surface area contributed by atoms with Gasteiger partial charge >= 0.3 is 0 Å². The third-order valence-electron chi connectivity index (χ3n) is 1.66. The molecule has 0 saturated heterocycles. The molecule has 0 bridgehead atoms. The molecule has 0 saturated carbocycles. The van der Waals surface area contributed by atoms with Crippen LogP contribution in [0.25, 0.3) is 6.08 Å². The average Bonchev–Trinajstić information content (AvgIpc) is 2.21. The molecule has 0 spiro atoms. The first-order valence-corrected chi connectivity index (χ1v) is 4.01. The molecule has 4 nitrogen and oxygen atoms in total. The molecular formula is C10H11NO3. The van der Waals surface area contributed by atoms with Gasteiger partial charge in [0.05, 0.1) is 7.11 Å². The number of nitrogens with one attached hydrogen (secondary N) is 1. The summed E-state index contributed by atoms with van der Waals surface area (Å²) in [6.45, 7) is 0. The predicted octanol–water partition coefficient (Wildman–Crippen LogP) is 1.12. The maximum absolute atomic E-state index is 9.95. The fraction of sp³-hybridized carbons (Fsp3) is 0.100. The van der Waals surface area contributed by atoms with Crippen molar-refractivity contribution in [2.75, 3.05) is 7.11 Å². The molecule has 0 radical (unpaired) electrons. The number of benzene rings is 1. The van der Waals surface area contributed by atoms with Gasteiger partial charge in [-0.1, -0.05) is 0 Å². The van der Waals surface area contributed by atoms with Crippen molar-refractivity contribution in [3.05, 3.63) is 30.0 Å². The van der Waals surface area contributed by atoms with Crippen molar-refractivity contribution >= 4 is 12.5 Å². The first kappa shape index (κ1) is 10.1. The van der Waals surface area contributed by atoms with Crippen molar-refractivity contribution in [3.8, 4) is 11.5 Å². The van der Waals surface area contributed by atoms with E-state index < -0.39 is 0 Å². The monoisotopic (exact) mass is 193 g/mol. The third-order valence-corrected chi connectivity index (χ3v) is 1.66. The summed E-state index contributed by atoms with van der Waals surface area (Å²) in [5.74, 6) is 0.781. The summed E-state index contributed by atoms with van der Waals surface area (Å²) in [7, 11) is 1.55. The number of phenolic OH excluding ortho intramolecular Hbond substituents is 1. The Morgan fingerprint density at radius 2 is 2.29 bits per heavy atom. The highest BCUT2D eigenvalue weighted by atomic mass is 16.5. The number of carbonyl (C=O) groups excluding carboxylic acids is 1. The molecular weight excluding hydrogens is 182 g/mol. The fourth-order valence-corrected chi connectivity index (χ4v) is 0.970. The number of amides is 1. The van der Waals surface area contributed by atoms with Crippen molar-refractivity contribution < 1.29 is 14.6 Å². The number of hydrogen-bond acceptors (Lipinski definition) is 3. The summed E-state index contributed by atoms with van der Waals surface area (Å²) in [5, 5.41) is 11.8. The molecule has 0 atom stereocenters. The largest absolute Gasteiger partial charge is 0.507 e. The van der Waals surface area contributed by atoms with Crippen LogP contribution < -0.4 is 10.1 Å².